The van der Waals surface area contributed by atoms with Gasteiger partial charge in [-0.25, -0.2) is 13.2 Å². The van der Waals surface area contributed by atoms with Crippen LogP contribution in [0.5, 0.6) is 5.75 Å². The molecule has 10 heteroatoms. The van der Waals surface area contributed by atoms with Gasteiger partial charge in [-0.3, -0.25) is 9.79 Å². The van der Waals surface area contributed by atoms with Crippen molar-refractivity contribution >= 4 is 41.5 Å². The Morgan fingerprint density at radius 1 is 1.14 bits per heavy atom. The number of anilines is 1. The van der Waals surface area contributed by atoms with E-state index in [0.717, 1.165) is 29.9 Å². The van der Waals surface area contributed by atoms with Crippen LogP contribution in [-0.2, 0) is 11.2 Å². The van der Waals surface area contributed by atoms with E-state index in [1.807, 2.05) is 24.3 Å². The van der Waals surface area contributed by atoms with Crippen molar-refractivity contribution in [1.29, 1.82) is 0 Å². The minimum atomic E-state index is -1.64. The van der Waals surface area contributed by atoms with Crippen LogP contribution >= 0.6 is 24.0 Å². The van der Waals surface area contributed by atoms with Crippen molar-refractivity contribution in [2.24, 2.45) is 4.99 Å². The summed E-state index contributed by atoms with van der Waals surface area (Å²) in [5.41, 5.74) is 0.691. The first-order valence-electron chi connectivity index (χ1n) is 8.60. The van der Waals surface area contributed by atoms with Gasteiger partial charge < -0.3 is 20.7 Å². The number of carbonyl (C=O) groups excluding carboxylic acids is 1. The molecule has 0 spiro atoms. The van der Waals surface area contributed by atoms with Crippen LogP contribution in [0.3, 0.4) is 0 Å². The van der Waals surface area contributed by atoms with Gasteiger partial charge in [-0.05, 0) is 23.8 Å². The van der Waals surface area contributed by atoms with Gasteiger partial charge in [0.2, 0.25) is 5.91 Å². The molecule has 0 bridgehead atoms. The molecule has 1 aliphatic heterocycles. The molecule has 1 unspecified atom stereocenters. The first kappa shape index (κ1) is 22.8. The fourth-order valence-corrected chi connectivity index (χ4v) is 2.78. The molecule has 1 aliphatic rings. The van der Waals surface area contributed by atoms with E-state index in [-0.39, 0.29) is 36.6 Å². The predicted molar refractivity (Wildman–Crippen MR) is 114 cm³/mol. The van der Waals surface area contributed by atoms with Gasteiger partial charge >= 0.3 is 0 Å². The highest BCUT2D eigenvalue weighted by Crippen LogP contribution is 2.27. The molecule has 0 aromatic heterocycles. The zero-order valence-corrected chi connectivity index (χ0v) is 17.8. The summed E-state index contributed by atoms with van der Waals surface area (Å²) in [7, 11) is 1.53. The molecular formula is C19H20F3IN4O2. The SMILES string of the molecule is CN=C(NCC(=O)Nc1ccc(F)c(F)c1F)NCC1Cc2ccccc2O1.I. The zero-order chi connectivity index (χ0) is 20.1. The lowest BCUT2D eigenvalue weighted by atomic mass is 10.1. The highest BCUT2D eigenvalue weighted by atomic mass is 127. The average Bonchev–Trinajstić information content (AvgIpc) is 3.11. The van der Waals surface area contributed by atoms with Gasteiger partial charge in [-0.1, -0.05) is 18.2 Å². The lowest BCUT2D eigenvalue weighted by Gasteiger charge is -2.15. The monoisotopic (exact) mass is 520 g/mol. The van der Waals surface area contributed by atoms with Crippen LogP contribution in [0, 0.1) is 17.5 Å². The van der Waals surface area contributed by atoms with E-state index in [1.54, 1.807) is 0 Å². The first-order valence-corrected chi connectivity index (χ1v) is 8.60. The second kappa shape index (κ2) is 10.3. The maximum Gasteiger partial charge on any atom is 0.243 e. The second-order valence-electron chi connectivity index (χ2n) is 6.13. The van der Waals surface area contributed by atoms with Gasteiger partial charge in [0.25, 0.3) is 0 Å². The molecule has 0 saturated heterocycles. The third-order valence-corrected chi connectivity index (χ3v) is 4.16. The predicted octanol–water partition coefficient (Wildman–Crippen LogP) is 2.83. The van der Waals surface area contributed by atoms with Crippen LogP contribution in [0.1, 0.15) is 5.56 Å². The fourth-order valence-electron chi connectivity index (χ4n) is 2.78. The highest BCUT2D eigenvalue weighted by molar-refractivity contribution is 14.0. The number of ether oxygens (including phenoxy) is 1. The third kappa shape index (κ3) is 5.75. The quantitative estimate of drug-likeness (QED) is 0.246. The Kier molecular flexibility index (Phi) is 8.11. The van der Waals surface area contributed by atoms with E-state index in [0.29, 0.717) is 12.5 Å². The summed E-state index contributed by atoms with van der Waals surface area (Å²) < 4.78 is 45.5. The van der Waals surface area contributed by atoms with Gasteiger partial charge in [-0.2, -0.15) is 0 Å². The lowest BCUT2D eigenvalue weighted by Crippen LogP contribution is -2.44. The number of nitrogens with one attached hydrogen (secondary N) is 3. The number of nitrogens with zero attached hydrogens (tertiary/aromatic N) is 1. The molecule has 2 aromatic rings. The van der Waals surface area contributed by atoms with Crippen molar-refractivity contribution in [1.82, 2.24) is 10.6 Å². The number of aliphatic imine (C=N–C) groups is 1. The normalized spacial score (nSPS) is 15.0. The number of para-hydroxylation sites is 1. The van der Waals surface area contributed by atoms with E-state index in [9.17, 15) is 18.0 Å². The Bertz CT molecular complexity index is 886. The van der Waals surface area contributed by atoms with Crippen molar-refractivity contribution < 1.29 is 22.7 Å². The Labute approximate surface area is 182 Å². The van der Waals surface area contributed by atoms with Crippen molar-refractivity contribution in [3.63, 3.8) is 0 Å². The van der Waals surface area contributed by atoms with Crippen molar-refractivity contribution in [3.05, 3.63) is 59.4 Å². The van der Waals surface area contributed by atoms with Crippen molar-refractivity contribution in [3.8, 4) is 5.75 Å². The van der Waals surface area contributed by atoms with Crippen LogP contribution in [0.15, 0.2) is 41.4 Å². The molecule has 0 radical (unpaired) electrons. The van der Waals surface area contributed by atoms with E-state index in [1.165, 1.54) is 7.05 Å². The van der Waals surface area contributed by atoms with Crippen LogP contribution in [0.2, 0.25) is 0 Å². The summed E-state index contributed by atoms with van der Waals surface area (Å²) in [6.07, 6.45) is 0.692. The smallest absolute Gasteiger partial charge is 0.243 e. The molecule has 156 valence electrons. The highest BCUT2D eigenvalue weighted by Gasteiger charge is 2.22. The molecule has 0 saturated carbocycles. The summed E-state index contributed by atoms with van der Waals surface area (Å²) in [5, 5.41) is 7.98. The van der Waals surface area contributed by atoms with Crippen LogP contribution < -0.4 is 20.7 Å². The molecule has 3 N–H and O–H groups in total. The van der Waals surface area contributed by atoms with E-state index < -0.39 is 29.0 Å². The molecule has 3 rings (SSSR count). The molecule has 1 heterocycles. The van der Waals surface area contributed by atoms with Crippen molar-refractivity contribution in [2.75, 3.05) is 25.5 Å². The van der Waals surface area contributed by atoms with Gasteiger partial charge in [0.1, 0.15) is 11.9 Å². The maximum absolute atomic E-state index is 13.6. The Morgan fingerprint density at radius 2 is 1.90 bits per heavy atom. The van der Waals surface area contributed by atoms with E-state index in [4.69, 9.17) is 4.74 Å². The standard InChI is InChI=1S/C19H19F3N4O2.HI/c1-23-19(24-9-12-8-11-4-2-3-5-15(11)28-12)25-10-16(27)26-14-7-6-13(20)17(21)18(14)22;/h2-7,12H,8-10H2,1H3,(H,26,27)(H2,23,24,25);1H. The largest absolute Gasteiger partial charge is 0.488 e. The van der Waals surface area contributed by atoms with E-state index in [2.05, 4.69) is 20.9 Å². The summed E-state index contributed by atoms with van der Waals surface area (Å²) in [6.45, 7) is 0.220. The summed E-state index contributed by atoms with van der Waals surface area (Å²) in [5.74, 6) is -3.85. The number of hydrogen-bond donors (Lipinski definition) is 3. The minimum absolute atomic E-state index is 0. The van der Waals surface area contributed by atoms with Gasteiger partial charge in [0.05, 0.1) is 18.8 Å². The lowest BCUT2D eigenvalue weighted by molar-refractivity contribution is -0.115. The molecule has 2 aromatic carbocycles. The second-order valence-corrected chi connectivity index (χ2v) is 6.13. The summed E-state index contributed by atoms with van der Waals surface area (Å²) in [6, 6.07) is 9.46. The number of guanidine groups is 1. The maximum atomic E-state index is 13.6. The van der Waals surface area contributed by atoms with Crippen LogP contribution in [-0.4, -0.2) is 38.1 Å². The average molecular weight is 520 g/mol. The molecule has 6 nitrogen and oxygen atoms in total. The molecule has 0 fully saturated rings. The Balaban J connectivity index is 0.00000300. The molecular weight excluding hydrogens is 500 g/mol. The number of amides is 1. The first-order chi connectivity index (χ1) is 13.5. The van der Waals surface area contributed by atoms with Crippen LogP contribution in [0.25, 0.3) is 0 Å². The molecule has 1 amide bonds. The Morgan fingerprint density at radius 3 is 2.62 bits per heavy atom. The summed E-state index contributed by atoms with van der Waals surface area (Å²) in [4.78, 5) is 15.9. The zero-order valence-electron chi connectivity index (χ0n) is 15.5. The number of hydrogen-bond acceptors (Lipinski definition) is 3. The number of rotatable bonds is 5. The number of carbonyl (C=O) groups is 1. The number of halogens is 4. The Hall–Kier alpha value is -2.50. The number of benzene rings is 2. The topological polar surface area (TPSA) is 74.8 Å². The fraction of sp³-hybridized carbons (Fsp3) is 0.263. The van der Waals surface area contributed by atoms with Gasteiger partial charge in [0.15, 0.2) is 23.4 Å². The molecule has 0 aliphatic carbocycles. The minimum Gasteiger partial charge on any atom is -0.488 e. The van der Waals surface area contributed by atoms with Crippen molar-refractivity contribution in [2.45, 2.75) is 12.5 Å². The third-order valence-electron chi connectivity index (χ3n) is 4.16. The molecule has 29 heavy (non-hydrogen) atoms. The molecule has 1 atom stereocenters. The van der Waals surface area contributed by atoms with Crippen LogP contribution in [0.4, 0.5) is 18.9 Å². The number of fused-ring (bicyclic) bond motifs is 1. The van der Waals surface area contributed by atoms with Gasteiger partial charge in [0, 0.05) is 13.5 Å². The van der Waals surface area contributed by atoms with Gasteiger partial charge in [-0.15, -0.1) is 24.0 Å². The summed E-state index contributed by atoms with van der Waals surface area (Å²) >= 11 is 0. The van der Waals surface area contributed by atoms with E-state index >= 15 is 0 Å².